The Kier molecular flexibility index (Phi) is 3.36. The van der Waals surface area contributed by atoms with E-state index >= 15 is 0 Å². The van der Waals surface area contributed by atoms with Gasteiger partial charge in [-0.3, -0.25) is 0 Å². The number of para-hydroxylation sites is 1. The van der Waals surface area contributed by atoms with Crippen molar-refractivity contribution in [1.29, 1.82) is 0 Å². The number of benzene rings is 4. The first-order valence-corrected chi connectivity index (χ1v) is 9.15. The molecule has 0 atom stereocenters. The van der Waals surface area contributed by atoms with Gasteiger partial charge < -0.3 is 4.42 Å². The third-order valence-corrected chi connectivity index (χ3v) is 5.23. The van der Waals surface area contributed by atoms with Gasteiger partial charge in [0.2, 0.25) is 0 Å². The average Bonchev–Trinajstić information content (AvgIpc) is 3.04. The van der Waals surface area contributed by atoms with E-state index in [1.807, 2.05) is 12.1 Å². The highest BCUT2D eigenvalue weighted by Gasteiger charge is 2.15. The maximum Gasteiger partial charge on any atom is 0.136 e. The second-order valence-electron chi connectivity index (χ2n) is 7.25. The van der Waals surface area contributed by atoms with Gasteiger partial charge in [0, 0.05) is 10.8 Å². The first-order chi connectivity index (χ1) is 12.7. The molecule has 0 saturated heterocycles. The molecule has 0 amide bonds. The molecule has 1 heteroatoms. The fraction of sp³-hybridized carbons (Fsp3) is 0.120. The molecule has 0 bridgehead atoms. The van der Waals surface area contributed by atoms with Crippen molar-refractivity contribution in [3.63, 3.8) is 0 Å². The average molecular weight is 336 g/mol. The summed E-state index contributed by atoms with van der Waals surface area (Å²) in [6.45, 7) is 4.52. The molecule has 4 aromatic carbocycles. The molecule has 1 heterocycles. The minimum Gasteiger partial charge on any atom is -0.456 e. The highest BCUT2D eigenvalue weighted by Crippen LogP contribution is 2.38. The van der Waals surface area contributed by atoms with E-state index in [9.17, 15) is 0 Å². The van der Waals surface area contributed by atoms with E-state index in [1.54, 1.807) is 0 Å². The number of hydrogen-bond acceptors (Lipinski definition) is 1. The Labute approximate surface area is 152 Å². The molecule has 126 valence electrons. The summed E-state index contributed by atoms with van der Waals surface area (Å²) >= 11 is 0. The van der Waals surface area contributed by atoms with Gasteiger partial charge in [-0.05, 0) is 57.6 Å². The van der Waals surface area contributed by atoms with Gasteiger partial charge in [0.05, 0.1) is 0 Å². The fourth-order valence-corrected chi connectivity index (χ4v) is 3.87. The summed E-state index contributed by atoms with van der Waals surface area (Å²) in [5, 5.41) is 4.93. The molecule has 0 N–H and O–H groups in total. The minimum absolute atomic E-state index is 0.439. The number of furan rings is 1. The molecule has 1 nitrogen and oxygen atoms in total. The third kappa shape index (κ3) is 2.32. The minimum atomic E-state index is 0.439. The lowest BCUT2D eigenvalue weighted by molar-refractivity contribution is 0.669. The lowest BCUT2D eigenvalue weighted by Gasteiger charge is -2.14. The largest absolute Gasteiger partial charge is 0.456 e. The Bertz CT molecular complexity index is 1260. The molecule has 5 aromatic rings. The van der Waals surface area contributed by atoms with Gasteiger partial charge in [-0.2, -0.15) is 0 Å². The summed E-state index contributed by atoms with van der Waals surface area (Å²) in [6, 6.07) is 28.0. The van der Waals surface area contributed by atoms with E-state index in [4.69, 9.17) is 4.42 Å². The second-order valence-corrected chi connectivity index (χ2v) is 7.25. The molecule has 0 unspecified atom stereocenters. The Morgan fingerprint density at radius 3 is 2.27 bits per heavy atom. The number of hydrogen-bond donors (Lipinski definition) is 0. The molecule has 0 saturated carbocycles. The topological polar surface area (TPSA) is 13.1 Å². The number of rotatable bonds is 2. The normalized spacial score (nSPS) is 11.8. The highest BCUT2D eigenvalue weighted by molar-refractivity contribution is 6.06. The van der Waals surface area contributed by atoms with Gasteiger partial charge >= 0.3 is 0 Å². The molecule has 0 aliphatic heterocycles. The summed E-state index contributed by atoms with van der Waals surface area (Å²) in [7, 11) is 0. The molecule has 0 aliphatic rings. The van der Waals surface area contributed by atoms with Crippen molar-refractivity contribution in [2.24, 2.45) is 0 Å². The van der Waals surface area contributed by atoms with Gasteiger partial charge in [0.25, 0.3) is 0 Å². The van der Waals surface area contributed by atoms with Crippen LogP contribution in [0.5, 0.6) is 0 Å². The standard InChI is InChI=1S/C25H20O/c1-16(2)21-14-23-20-9-5-6-10-24(20)26-25(23)15-22(21)19-12-11-17-7-3-4-8-18(17)13-19/h3-16H,1-2H3. The van der Waals surface area contributed by atoms with Gasteiger partial charge in [0.1, 0.15) is 11.2 Å². The van der Waals surface area contributed by atoms with E-state index in [2.05, 4.69) is 80.6 Å². The molecule has 1 aromatic heterocycles. The third-order valence-electron chi connectivity index (χ3n) is 5.23. The lowest BCUT2D eigenvalue weighted by Crippen LogP contribution is -1.92. The van der Waals surface area contributed by atoms with Crippen molar-refractivity contribution in [3.05, 3.63) is 84.4 Å². The zero-order chi connectivity index (χ0) is 17.7. The van der Waals surface area contributed by atoms with E-state index in [1.165, 1.54) is 38.2 Å². The van der Waals surface area contributed by atoms with Crippen LogP contribution in [0.3, 0.4) is 0 Å². The monoisotopic (exact) mass is 336 g/mol. The Morgan fingerprint density at radius 1 is 0.654 bits per heavy atom. The quantitative estimate of drug-likeness (QED) is 0.325. The van der Waals surface area contributed by atoms with Crippen LogP contribution in [0.15, 0.2) is 83.3 Å². The zero-order valence-corrected chi connectivity index (χ0v) is 15.0. The highest BCUT2D eigenvalue weighted by atomic mass is 16.3. The van der Waals surface area contributed by atoms with Crippen LogP contribution in [0.25, 0.3) is 43.8 Å². The van der Waals surface area contributed by atoms with Crippen molar-refractivity contribution >= 4 is 32.7 Å². The van der Waals surface area contributed by atoms with Crippen molar-refractivity contribution in [1.82, 2.24) is 0 Å². The number of fused-ring (bicyclic) bond motifs is 4. The summed E-state index contributed by atoms with van der Waals surface area (Å²) < 4.78 is 6.14. The van der Waals surface area contributed by atoms with E-state index in [-0.39, 0.29) is 0 Å². The summed E-state index contributed by atoms with van der Waals surface area (Å²) in [4.78, 5) is 0. The van der Waals surface area contributed by atoms with Crippen LogP contribution in [-0.4, -0.2) is 0 Å². The summed E-state index contributed by atoms with van der Waals surface area (Å²) in [5.41, 5.74) is 5.78. The van der Waals surface area contributed by atoms with Crippen molar-refractivity contribution in [2.45, 2.75) is 19.8 Å². The van der Waals surface area contributed by atoms with Gasteiger partial charge in [-0.25, -0.2) is 0 Å². The molecular formula is C25H20O. The lowest BCUT2D eigenvalue weighted by atomic mass is 9.90. The van der Waals surface area contributed by atoms with E-state index in [0.29, 0.717) is 5.92 Å². The molecule has 0 fully saturated rings. The van der Waals surface area contributed by atoms with Gasteiger partial charge in [-0.15, -0.1) is 0 Å². The second kappa shape index (κ2) is 5.74. The molecular weight excluding hydrogens is 316 g/mol. The summed E-state index contributed by atoms with van der Waals surface area (Å²) in [6.07, 6.45) is 0. The maximum atomic E-state index is 6.14. The predicted molar refractivity (Wildman–Crippen MR) is 111 cm³/mol. The van der Waals surface area contributed by atoms with E-state index < -0.39 is 0 Å². The van der Waals surface area contributed by atoms with Crippen molar-refractivity contribution in [2.75, 3.05) is 0 Å². The predicted octanol–water partition coefficient (Wildman–Crippen LogP) is 7.53. The van der Waals surface area contributed by atoms with Crippen LogP contribution in [0.1, 0.15) is 25.3 Å². The molecule has 0 spiro atoms. The smallest absolute Gasteiger partial charge is 0.136 e. The van der Waals surface area contributed by atoms with Crippen LogP contribution in [0, 0.1) is 0 Å². The van der Waals surface area contributed by atoms with Crippen LogP contribution >= 0.6 is 0 Å². The van der Waals surface area contributed by atoms with Crippen LogP contribution in [0.4, 0.5) is 0 Å². The SMILES string of the molecule is CC(C)c1cc2c(cc1-c1ccc3ccccc3c1)oc1ccccc12. The zero-order valence-electron chi connectivity index (χ0n) is 15.0. The van der Waals surface area contributed by atoms with Crippen LogP contribution in [0.2, 0.25) is 0 Å². The Hall–Kier alpha value is -3.06. The van der Waals surface area contributed by atoms with Gasteiger partial charge in [-0.1, -0.05) is 68.4 Å². The molecule has 0 radical (unpaired) electrons. The van der Waals surface area contributed by atoms with Gasteiger partial charge in [0.15, 0.2) is 0 Å². The fourth-order valence-electron chi connectivity index (χ4n) is 3.87. The Morgan fingerprint density at radius 2 is 1.42 bits per heavy atom. The van der Waals surface area contributed by atoms with Crippen LogP contribution in [-0.2, 0) is 0 Å². The molecule has 26 heavy (non-hydrogen) atoms. The molecule has 5 rings (SSSR count). The summed E-state index contributed by atoms with van der Waals surface area (Å²) in [5.74, 6) is 0.439. The first-order valence-electron chi connectivity index (χ1n) is 9.15. The van der Waals surface area contributed by atoms with Crippen LogP contribution < -0.4 is 0 Å². The maximum absolute atomic E-state index is 6.14. The van der Waals surface area contributed by atoms with E-state index in [0.717, 1.165) is 11.2 Å². The first kappa shape index (κ1) is 15.2. The van der Waals surface area contributed by atoms with Crippen molar-refractivity contribution in [3.8, 4) is 11.1 Å². The molecule has 0 aliphatic carbocycles. The van der Waals surface area contributed by atoms with Crippen molar-refractivity contribution < 1.29 is 4.42 Å². The Balaban J connectivity index is 1.82.